The number of hydrogen-bond donors (Lipinski definition) is 2. The van der Waals surface area contributed by atoms with Gasteiger partial charge in [-0.05, 0) is 36.1 Å². The van der Waals surface area contributed by atoms with E-state index in [2.05, 4.69) is 12.2 Å². The molecule has 0 aliphatic heterocycles. The number of methoxy groups -OCH3 is 1. The molecule has 2 aromatic rings. The van der Waals surface area contributed by atoms with E-state index in [1.165, 1.54) is 11.3 Å². The molecule has 3 N–H and O–H groups in total. The lowest BCUT2D eigenvalue weighted by atomic mass is 10.2. The Morgan fingerprint density at radius 2 is 2.25 bits per heavy atom. The quantitative estimate of drug-likeness (QED) is 0.804. The Bertz CT molecular complexity index is 589. The molecule has 0 radical (unpaired) electrons. The van der Waals surface area contributed by atoms with E-state index in [0.717, 1.165) is 22.9 Å². The van der Waals surface area contributed by atoms with Crippen molar-refractivity contribution >= 4 is 33.0 Å². The number of hydrogen-bond acceptors (Lipinski definition) is 4. The first-order valence-corrected chi connectivity index (χ1v) is 7.54. The highest BCUT2D eigenvalue weighted by Gasteiger charge is 2.15. The molecular weight excluding hydrogens is 272 g/mol. The lowest BCUT2D eigenvalue weighted by molar-refractivity contribution is 0.0895. The van der Waals surface area contributed by atoms with Crippen LogP contribution >= 0.6 is 11.3 Å². The van der Waals surface area contributed by atoms with Crippen molar-refractivity contribution in [3.05, 3.63) is 29.1 Å². The second-order valence-corrected chi connectivity index (χ2v) is 5.91. The predicted molar refractivity (Wildman–Crippen MR) is 84.3 cm³/mol. The molecule has 4 nitrogen and oxygen atoms in total. The molecule has 1 unspecified atom stereocenters. The molecule has 0 aliphatic carbocycles. The lowest BCUT2D eigenvalue weighted by Crippen LogP contribution is -2.37. The Hall–Kier alpha value is -1.59. The fourth-order valence-electron chi connectivity index (χ4n) is 2.18. The fourth-order valence-corrected chi connectivity index (χ4v) is 3.12. The number of anilines is 1. The Kier molecular flexibility index (Phi) is 4.98. The lowest BCUT2D eigenvalue weighted by Gasteiger charge is -2.16. The van der Waals surface area contributed by atoms with Gasteiger partial charge in [-0.2, -0.15) is 0 Å². The Morgan fingerprint density at radius 1 is 1.45 bits per heavy atom. The molecule has 20 heavy (non-hydrogen) atoms. The van der Waals surface area contributed by atoms with E-state index >= 15 is 0 Å². The topological polar surface area (TPSA) is 64.3 Å². The van der Waals surface area contributed by atoms with Crippen LogP contribution in [0.5, 0.6) is 0 Å². The van der Waals surface area contributed by atoms with Gasteiger partial charge in [-0.1, -0.05) is 13.3 Å². The molecule has 0 saturated carbocycles. The predicted octanol–water partition coefficient (Wildman–Crippen LogP) is 3.03. The largest absolute Gasteiger partial charge is 0.399 e. The van der Waals surface area contributed by atoms with Crippen LogP contribution in [0.3, 0.4) is 0 Å². The van der Waals surface area contributed by atoms with Gasteiger partial charge in [0.25, 0.3) is 5.91 Å². The van der Waals surface area contributed by atoms with Gasteiger partial charge in [0.05, 0.1) is 17.5 Å². The van der Waals surface area contributed by atoms with E-state index in [9.17, 15) is 4.79 Å². The maximum Gasteiger partial charge on any atom is 0.261 e. The molecule has 1 amide bonds. The summed E-state index contributed by atoms with van der Waals surface area (Å²) in [6.45, 7) is 2.63. The monoisotopic (exact) mass is 292 g/mol. The molecule has 1 heterocycles. The first kappa shape index (κ1) is 14.8. The van der Waals surface area contributed by atoms with Crippen molar-refractivity contribution in [2.75, 3.05) is 19.5 Å². The summed E-state index contributed by atoms with van der Waals surface area (Å²) >= 11 is 1.48. The summed E-state index contributed by atoms with van der Waals surface area (Å²) in [5, 5.41) is 4.04. The van der Waals surface area contributed by atoms with E-state index in [1.54, 1.807) is 7.11 Å². The van der Waals surface area contributed by atoms with Gasteiger partial charge in [-0.15, -0.1) is 11.3 Å². The van der Waals surface area contributed by atoms with Gasteiger partial charge in [0.15, 0.2) is 0 Å². The van der Waals surface area contributed by atoms with Crippen LogP contribution in [-0.4, -0.2) is 25.7 Å². The second kappa shape index (κ2) is 6.72. The maximum atomic E-state index is 12.3. The van der Waals surface area contributed by atoms with Crippen molar-refractivity contribution in [1.82, 2.24) is 5.32 Å². The van der Waals surface area contributed by atoms with E-state index in [4.69, 9.17) is 10.5 Å². The Labute approximate surface area is 122 Å². The summed E-state index contributed by atoms with van der Waals surface area (Å²) in [7, 11) is 1.65. The van der Waals surface area contributed by atoms with Gasteiger partial charge >= 0.3 is 0 Å². The number of thiophene rings is 1. The molecule has 5 heteroatoms. The van der Waals surface area contributed by atoms with Crippen LogP contribution in [0.2, 0.25) is 0 Å². The molecule has 0 saturated heterocycles. The Morgan fingerprint density at radius 3 is 2.95 bits per heavy atom. The van der Waals surface area contributed by atoms with Gasteiger partial charge in [-0.25, -0.2) is 0 Å². The summed E-state index contributed by atoms with van der Waals surface area (Å²) in [6.07, 6.45) is 1.93. The van der Waals surface area contributed by atoms with Crippen molar-refractivity contribution in [1.29, 1.82) is 0 Å². The molecule has 1 aromatic carbocycles. The van der Waals surface area contributed by atoms with Gasteiger partial charge in [0, 0.05) is 17.5 Å². The Balaban J connectivity index is 2.13. The first-order chi connectivity index (χ1) is 9.63. The van der Waals surface area contributed by atoms with Crippen molar-refractivity contribution < 1.29 is 9.53 Å². The van der Waals surface area contributed by atoms with Crippen molar-refractivity contribution in [2.24, 2.45) is 0 Å². The smallest absolute Gasteiger partial charge is 0.261 e. The number of nitrogen functional groups attached to an aromatic ring is 1. The summed E-state index contributed by atoms with van der Waals surface area (Å²) < 4.78 is 6.21. The highest BCUT2D eigenvalue weighted by atomic mass is 32.1. The zero-order chi connectivity index (χ0) is 14.5. The van der Waals surface area contributed by atoms with E-state index in [0.29, 0.717) is 17.2 Å². The van der Waals surface area contributed by atoms with Crippen molar-refractivity contribution in [3.8, 4) is 0 Å². The SMILES string of the molecule is CCCC(COC)NC(=O)c1cc2cc(N)ccc2s1. The molecule has 1 aromatic heterocycles. The average Bonchev–Trinajstić information content (AvgIpc) is 2.82. The van der Waals surface area contributed by atoms with Crippen LogP contribution in [0.25, 0.3) is 10.1 Å². The fraction of sp³-hybridized carbons (Fsp3) is 0.400. The second-order valence-electron chi connectivity index (χ2n) is 4.82. The van der Waals surface area contributed by atoms with Crippen molar-refractivity contribution in [3.63, 3.8) is 0 Å². The van der Waals surface area contributed by atoms with Gasteiger partial charge in [-0.3, -0.25) is 4.79 Å². The van der Waals surface area contributed by atoms with Crippen LogP contribution in [0.1, 0.15) is 29.4 Å². The number of ether oxygens (including phenoxy) is 1. The van der Waals surface area contributed by atoms with Crippen LogP contribution in [0.15, 0.2) is 24.3 Å². The van der Waals surface area contributed by atoms with Crippen LogP contribution in [0, 0.1) is 0 Å². The van der Waals surface area contributed by atoms with E-state index in [1.807, 2.05) is 24.3 Å². The normalized spacial score (nSPS) is 12.5. The maximum absolute atomic E-state index is 12.3. The third-order valence-electron chi connectivity index (χ3n) is 3.10. The van der Waals surface area contributed by atoms with Crippen LogP contribution in [0.4, 0.5) is 5.69 Å². The molecule has 1 atom stereocenters. The van der Waals surface area contributed by atoms with Crippen LogP contribution in [-0.2, 0) is 4.74 Å². The molecule has 0 fully saturated rings. The van der Waals surface area contributed by atoms with Crippen LogP contribution < -0.4 is 11.1 Å². The number of fused-ring (bicyclic) bond motifs is 1. The first-order valence-electron chi connectivity index (χ1n) is 6.73. The third-order valence-corrected chi connectivity index (χ3v) is 4.22. The van der Waals surface area contributed by atoms with Gasteiger partial charge in [0.2, 0.25) is 0 Å². The summed E-state index contributed by atoms with van der Waals surface area (Å²) in [6, 6.07) is 7.65. The summed E-state index contributed by atoms with van der Waals surface area (Å²) in [5.41, 5.74) is 6.47. The average molecular weight is 292 g/mol. The highest BCUT2D eigenvalue weighted by molar-refractivity contribution is 7.20. The number of nitrogens with one attached hydrogen (secondary N) is 1. The minimum Gasteiger partial charge on any atom is -0.399 e. The van der Waals surface area contributed by atoms with Gasteiger partial charge < -0.3 is 15.8 Å². The number of benzene rings is 1. The standard InChI is InChI=1S/C15H20N2O2S/c1-3-4-12(9-19-2)17-15(18)14-8-10-7-11(16)5-6-13(10)20-14/h5-8,12H,3-4,9,16H2,1-2H3,(H,17,18). The highest BCUT2D eigenvalue weighted by Crippen LogP contribution is 2.27. The summed E-state index contributed by atoms with van der Waals surface area (Å²) in [4.78, 5) is 13.0. The zero-order valence-corrected chi connectivity index (χ0v) is 12.6. The van der Waals surface area contributed by atoms with Gasteiger partial charge in [0.1, 0.15) is 0 Å². The number of carbonyl (C=O) groups is 1. The third kappa shape index (κ3) is 3.49. The zero-order valence-electron chi connectivity index (χ0n) is 11.8. The van der Waals surface area contributed by atoms with Crippen molar-refractivity contribution in [2.45, 2.75) is 25.8 Å². The molecule has 0 bridgehead atoms. The molecule has 108 valence electrons. The van der Waals surface area contributed by atoms with E-state index < -0.39 is 0 Å². The number of rotatable bonds is 6. The number of nitrogens with two attached hydrogens (primary N) is 1. The van der Waals surface area contributed by atoms with E-state index in [-0.39, 0.29) is 11.9 Å². The molecule has 0 aliphatic rings. The number of amides is 1. The summed E-state index contributed by atoms with van der Waals surface area (Å²) in [5.74, 6) is -0.0414. The molecular formula is C15H20N2O2S. The molecule has 2 rings (SSSR count). The minimum absolute atomic E-state index is 0.0414. The number of carbonyl (C=O) groups excluding carboxylic acids is 1. The minimum atomic E-state index is -0.0414. The molecule has 0 spiro atoms.